The lowest BCUT2D eigenvalue weighted by Crippen LogP contribution is -2.13. The van der Waals surface area contributed by atoms with Gasteiger partial charge in [-0.3, -0.25) is 9.36 Å². The van der Waals surface area contributed by atoms with Crippen LogP contribution in [0.15, 0.2) is 53.1 Å². The van der Waals surface area contributed by atoms with Crippen molar-refractivity contribution >= 4 is 17.8 Å². The topological polar surface area (TPSA) is 92.2 Å². The Bertz CT molecular complexity index is 1390. The molecular weight excluding hydrogens is 432 g/mol. The molecule has 0 amide bonds. The predicted octanol–water partition coefficient (Wildman–Crippen LogP) is 4.63. The second-order valence-electron chi connectivity index (χ2n) is 8.11. The number of esters is 1. The van der Waals surface area contributed by atoms with Crippen molar-refractivity contribution in [3.05, 3.63) is 88.2 Å². The third-order valence-electron chi connectivity index (χ3n) is 5.66. The van der Waals surface area contributed by atoms with Gasteiger partial charge in [-0.05, 0) is 58.9 Å². The minimum Gasteiger partial charge on any atom is -0.454 e. The fourth-order valence-corrected chi connectivity index (χ4v) is 3.99. The number of nitrogens with zero attached hydrogens (tertiary/aromatic N) is 4. The maximum atomic E-state index is 12.7. The number of para-hydroxylation sites is 1. The van der Waals surface area contributed by atoms with E-state index in [1.807, 2.05) is 67.3 Å². The second-order valence-corrected chi connectivity index (χ2v) is 8.11. The highest BCUT2D eigenvalue weighted by atomic mass is 16.5. The number of ether oxygens (including phenoxy) is 1. The van der Waals surface area contributed by atoms with Crippen LogP contribution in [0.5, 0.6) is 0 Å². The third-order valence-corrected chi connectivity index (χ3v) is 5.66. The Morgan fingerprint density at radius 2 is 1.76 bits per heavy atom. The summed E-state index contributed by atoms with van der Waals surface area (Å²) in [6.45, 7) is 8.97. The van der Waals surface area contributed by atoms with Gasteiger partial charge in [0.05, 0.1) is 11.4 Å². The normalized spacial score (nSPS) is 11.3. The average Bonchev–Trinajstić information content (AvgIpc) is 3.46. The van der Waals surface area contributed by atoms with E-state index in [2.05, 4.69) is 10.3 Å². The zero-order valence-corrected chi connectivity index (χ0v) is 19.8. The van der Waals surface area contributed by atoms with Crippen molar-refractivity contribution in [2.24, 2.45) is 0 Å². The van der Waals surface area contributed by atoms with E-state index in [0.717, 1.165) is 28.3 Å². The lowest BCUT2D eigenvalue weighted by atomic mass is 10.1. The SMILES string of the molecule is Cc1cc(-n2c(C)cc(C(=O)COC(=O)C=Cc3c(C)nn(-c4ccccc4)c3C)c2C)no1. The van der Waals surface area contributed by atoms with Crippen LogP contribution in [0.4, 0.5) is 0 Å². The summed E-state index contributed by atoms with van der Waals surface area (Å²) in [5, 5.41) is 8.58. The summed E-state index contributed by atoms with van der Waals surface area (Å²) in [6.07, 6.45) is 2.99. The van der Waals surface area contributed by atoms with Gasteiger partial charge in [-0.25, -0.2) is 9.48 Å². The van der Waals surface area contributed by atoms with E-state index in [1.54, 1.807) is 25.1 Å². The number of carbonyl (C=O) groups is 2. The first kappa shape index (κ1) is 23.0. The molecule has 0 bridgehead atoms. The number of Topliss-reactive ketones (excluding diaryl/α,β-unsaturated/α-hetero) is 1. The van der Waals surface area contributed by atoms with Gasteiger partial charge in [-0.1, -0.05) is 23.4 Å². The van der Waals surface area contributed by atoms with E-state index in [4.69, 9.17) is 9.26 Å². The molecule has 3 heterocycles. The molecule has 0 unspecified atom stereocenters. The maximum Gasteiger partial charge on any atom is 0.331 e. The molecule has 0 saturated carbocycles. The number of hydrogen-bond acceptors (Lipinski definition) is 6. The van der Waals surface area contributed by atoms with Gasteiger partial charge in [0, 0.05) is 40.4 Å². The molecule has 0 atom stereocenters. The van der Waals surface area contributed by atoms with E-state index in [-0.39, 0.29) is 12.4 Å². The van der Waals surface area contributed by atoms with Gasteiger partial charge in [0.2, 0.25) is 5.78 Å². The van der Waals surface area contributed by atoms with Gasteiger partial charge in [0.15, 0.2) is 12.4 Å². The van der Waals surface area contributed by atoms with Crippen molar-refractivity contribution in [3.8, 4) is 11.5 Å². The summed E-state index contributed by atoms with van der Waals surface area (Å²) in [5.41, 5.74) is 5.48. The van der Waals surface area contributed by atoms with Crippen molar-refractivity contribution in [2.75, 3.05) is 6.61 Å². The van der Waals surface area contributed by atoms with Gasteiger partial charge in [0.25, 0.3) is 0 Å². The van der Waals surface area contributed by atoms with Crippen LogP contribution in [-0.4, -0.2) is 37.9 Å². The monoisotopic (exact) mass is 458 g/mol. The first-order valence-corrected chi connectivity index (χ1v) is 10.9. The van der Waals surface area contributed by atoms with E-state index >= 15 is 0 Å². The molecular formula is C26H26N4O4. The molecule has 0 spiro atoms. The number of carbonyl (C=O) groups excluding carboxylic acids is 2. The summed E-state index contributed by atoms with van der Waals surface area (Å²) in [5.74, 6) is 0.398. The Balaban J connectivity index is 1.43. The van der Waals surface area contributed by atoms with Crippen molar-refractivity contribution in [1.29, 1.82) is 0 Å². The number of aromatic nitrogens is 4. The van der Waals surface area contributed by atoms with Gasteiger partial charge in [-0.2, -0.15) is 5.10 Å². The minimum atomic E-state index is -0.597. The van der Waals surface area contributed by atoms with Crippen LogP contribution < -0.4 is 0 Å². The molecule has 0 aliphatic carbocycles. The van der Waals surface area contributed by atoms with Crippen LogP contribution >= 0.6 is 0 Å². The molecule has 8 nitrogen and oxygen atoms in total. The zero-order chi connectivity index (χ0) is 24.4. The lowest BCUT2D eigenvalue weighted by molar-refractivity contribution is -0.136. The molecule has 0 N–H and O–H groups in total. The number of hydrogen-bond donors (Lipinski definition) is 0. The van der Waals surface area contributed by atoms with Crippen LogP contribution in [0.3, 0.4) is 0 Å². The quantitative estimate of drug-likeness (QED) is 0.228. The molecule has 4 rings (SSSR count). The zero-order valence-electron chi connectivity index (χ0n) is 19.8. The van der Waals surface area contributed by atoms with E-state index < -0.39 is 5.97 Å². The molecule has 0 radical (unpaired) electrons. The van der Waals surface area contributed by atoms with Crippen LogP contribution in [0, 0.1) is 34.6 Å². The fraction of sp³-hybridized carbons (Fsp3) is 0.231. The molecule has 0 aliphatic heterocycles. The van der Waals surface area contributed by atoms with Crippen LogP contribution in [0.25, 0.3) is 17.6 Å². The molecule has 0 aliphatic rings. The summed E-state index contributed by atoms with van der Waals surface area (Å²) in [6, 6.07) is 13.3. The molecule has 0 fully saturated rings. The van der Waals surface area contributed by atoms with Crippen LogP contribution in [0.2, 0.25) is 0 Å². The van der Waals surface area contributed by atoms with Crippen molar-refractivity contribution < 1.29 is 18.8 Å². The molecule has 4 aromatic rings. The average molecular weight is 459 g/mol. The van der Waals surface area contributed by atoms with E-state index in [9.17, 15) is 9.59 Å². The molecule has 3 aromatic heterocycles. The first-order chi connectivity index (χ1) is 16.3. The lowest BCUT2D eigenvalue weighted by Gasteiger charge is -2.05. The number of aryl methyl sites for hydroxylation is 3. The van der Waals surface area contributed by atoms with Crippen LogP contribution in [-0.2, 0) is 9.53 Å². The van der Waals surface area contributed by atoms with Gasteiger partial charge >= 0.3 is 5.97 Å². The smallest absolute Gasteiger partial charge is 0.331 e. The van der Waals surface area contributed by atoms with Crippen LogP contribution in [0.1, 0.15) is 44.5 Å². The molecule has 8 heteroatoms. The first-order valence-electron chi connectivity index (χ1n) is 10.9. The Morgan fingerprint density at radius 1 is 1.03 bits per heavy atom. The van der Waals surface area contributed by atoms with E-state index in [0.29, 0.717) is 22.8 Å². The van der Waals surface area contributed by atoms with Gasteiger partial charge < -0.3 is 9.26 Å². The van der Waals surface area contributed by atoms with Gasteiger partial charge in [0.1, 0.15) is 5.76 Å². The maximum absolute atomic E-state index is 12.7. The van der Waals surface area contributed by atoms with Crippen molar-refractivity contribution in [3.63, 3.8) is 0 Å². The molecule has 1 aromatic carbocycles. The molecule has 0 saturated heterocycles. The molecule has 174 valence electrons. The molecule has 34 heavy (non-hydrogen) atoms. The third kappa shape index (κ3) is 4.47. The standard InChI is InChI=1S/C26H26N4O4/c1-16-13-23(19(4)29(16)25-14-17(2)34-28-25)24(31)15-33-26(32)12-11-22-18(3)27-30(20(22)5)21-9-7-6-8-10-21/h6-14H,15H2,1-5H3. The minimum absolute atomic E-state index is 0.287. The Morgan fingerprint density at radius 3 is 2.44 bits per heavy atom. The highest BCUT2D eigenvalue weighted by Gasteiger charge is 2.19. The van der Waals surface area contributed by atoms with Gasteiger partial charge in [-0.15, -0.1) is 0 Å². The Labute approximate surface area is 197 Å². The number of rotatable bonds is 7. The predicted molar refractivity (Wildman–Crippen MR) is 127 cm³/mol. The Kier molecular flexibility index (Phi) is 6.32. The number of ketones is 1. The fourth-order valence-electron chi connectivity index (χ4n) is 3.99. The summed E-state index contributed by atoms with van der Waals surface area (Å²) in [4.78, 5) is 25.1. The Hall–Kier alpha value is -4.20. The number of benzene rings is 1. The summed E-state index contributed by atoms with van der Waals surface area (Å²) in [7, 11) is 0. The highest BCUT2D eigenvalue weighted by Crippen LogP contribution is 2.22. The second kappa shape index (κ2) is 9.35. The van der Waals surface area contributed by atoms with Crippen molar-refractivity contribution in [2.45, 2.75) is 34.6 Å². The highest BCUT2D eigenvalue weighted by molar-refractivity contribution is 6.00. The van der Waals surface area contributed by atoms with E-state index in [1.165, 1.54) is 6.08 Å². The summed E-state index contributed by atoms with van der Waals surface area (Å²) >= 11 is 0. The largest absolute Gasteiger partial charge is 0.454 e. The summed E-state index contributed by atoms with van der Waals surface area (Å²) < 4.78 is 14.0. The van der Waals surface area contributed by atoms with Crippen molar-refractivity contribution in [1.82, 2.24) is 19.5 Å².